The number of rotatable bonds is 7. The number of carboxylic acid groups (broad SMARTS) is 1. The zero-order chi connectivity index (χ0) is 13.7. The summed E-state index contributed by atoms with van der Waals surface area (Å²) in [6.07, 6.45) is 1.46. The molecular weight excluding hydrogens is 264 g/mol. The van der Waals surface area contributed by atoms with Gasteiger partial charge in [-0.25, -0.2) is 4.79 Å². The first-order chi connectivity index (χ1) is 9.19. The molecule has 0 spiro atoms. The van der Waals surface area contributed by atoms with E-state index in [4.69, 9.17) is 5.11 Å². The van der Waals surface area contributed by atoms with Crippen LogP contribution in [-0.2, 0) is 13.1 Å². The second-order valence-corrected chi connectivity index (χ2v) is 5.15. The number of carboxylic acids is 1. The second-order valence-electron chi connectivity index (χ2n) is 4.12. The van der Waals surface area contributed by atoms with E-state index in [-0.39, 0.29) is 5.69 Å². The van der Waals surface area contributed by atoms with Gasteiger partial charge in [-0.05, 0) is 18.0 Å². The third-order valence-corrected chi connectivity index (χ3v) is 3.67. The third kappa shape index (κ3) is 3.87. The second kappa shape index (κ2) is 6.44. The Morgan fingerprint density at radius 3 is 3.00 bits per heavy atom. The number of aromatic carboxylic acids is 1. The first-order valence-corrected chi connectivity index (χ1v) is 6.95. The molecule has 1 N–H and O–H groups in total. The average Bonchev–Trinajstić information content (AvgIpc) is 3.05. The molecule has 2 rings (SSSR count). The van der Waals surface area contributed by atoms with Crippen LogP contribution in [0.4, 0.5) is 0 Å². The normalized spacial score (nSPS) is 11.1. The molecule has 2 heterocycles. The molecular formula is C12H16N4O2S. The SMILES string of the molecule is CCN(CCn1cc(C(=O)O)nn1)Cc1cccs1. The van der Waals surface area contributed by atoms with E-state index in [0.717, 1.165) is 19.6 Å². The summed E-state index contributed by atoms with van der Waals surface area (Å²) in [5.41, 5.74) is -0.0127. The van der Waals surface area contributed by atoms with Gasteiger partial charge in [0.15, 0.2) is 5.69 Å². The van der Waals surface area contributed by atoms with Gasteiger partial charge in [0, 0.05) is 18.0 Å². The molecule has 0 aliphatic rings. The maximum absolute atomic E-state index is 10.7. The molecule has 6 nitrogen and oxygen atoms in total. The fraction of sp³-hybridized carbons (Fsp3) is 0.417. The number of nitrogens with zero attached hydrogens (tertiary/aromatic N) is 4. The number of carbonyl (C=O) groups is 1. The highest BCUT2D eigenvalue weighted by Crippen LogP contribution is 2.11. The molecule has 7 heteroatoms. The summed E-state index contributed by atoms with van der Waals surface area (Å²) in [6.45, 7) is 5.42. The van der Waals surface area contributed by atoms with Crippen LogP contribution in [0.2, 0.25) is 0 Å². The molecule has 0 saturated carbocycles. The molecule has 0 radical (unpaired) electrons. The first kappa shape index (κ1) is 13.7. The van der Waals surface area contributed by atoms with E-state index in [1.54, 1.807) is 16.0 Å². The van der Waals surface area contributed by atoms with Crippen LogP contribution >= 0.6 is 11.3 Å². The number of aromatic nitrogens is 3. The van der Waals surface area contributed by atoms with Crippen LogP contribution in [0.5, 0.6) is 0 Å². The van der Waals surface area contributed by atoms with Crippen molar-refractivity contribution >= 4 is 17.3 Å². The Bertz CT molecular complexity index is 524. The van der Waals surface area contributed by atoms with Crippen LogP contribution < -0.4 is 0 Å². The first-order valence-electron chi connectivity index (χ1n) is 6.07. The summed E-state index contributed by atoms with van der Waals surface area (Å²) >= 11 is 1.74. The van der Waals surface area contributed by atoms with Crippen molar-refractivity contribution in [2.45, 2.75) is 20.0 Å². The molecule has 0 amide bonds. The van der Waals surface area contributed by atoms with Gasteiger partial charge in [-0.3, -0.25) is 9.58 Å². The van der Waals surface area contributed by atoms with Gasteiger partial charge in [-0.2, -0.15) is 0 Å². The van der Waals surface area contributed by atoms with Gasteiger partial charge in [-0.1, -0.05) is 18.2 Å². The van der Waals surface area contributed by atoms with Crippen molar-refractivity contribution in [2.75, 3.05) is 13.1 Å². The minimum Gasteiger partial charge on any atom is -0.476 e. The maximum atomic E-state index is 10.7. The van der Waals surface area contributed by atoms with Crippen molar-refractivity contribution in [2.24, 2.45) is 0 Å². The lowest BCUT2D eigenvalue weighted by Gasteiger charge is -2.19. The summed E-state index contributed by atoms with van der Waals surface area (Å²) in [5.74, 6) is -1.04. The van der Waals surface area contributed by atoms with Crippen LogP contribution in [0.15, 0.2) is 23.7 Å². The predicted molar refractivity (Wildman–Crippen MR) is 72.3 cm³/mol. The zero-order valence-electron chi connectivity index (χ0n) is 10.7. The number of hydrogen-bond acceptors (Lipinski definition) is 5. The van der Waals surface area contributed by atoms with E-state index in [1.807, 2.05) is 6.07 Å². The maximum Gasteiger partial charge on any atom is 0.358 e. The quantitative estimate of drug-likeness (QED) is 0.833. The van der Waals surface area contributed by atoms with E-state index in [1.165, 1.54) is 11.1 Å². The highest BCUT2D eigenvalue weighted by atomic mass is 32.1. The van der Waals surface area contributed by atoms with Crippen molar-refractivity contribution in [1.29, 1.82) is 0 Å². The minimum atomic E-state index is -1.04. The van der Waals surface area contributed by atoms with Crippen molar-refractivity contribution in [3.8, 4) is 0 Å². The third-order valence-electron chi connectivity index (χ3n) is 2.81. The molecule has 2 aromatic rings. The molecule has 102 valence electrons. The molecule has 0 fully saturated rings. The average molecular weight is 280 g/mol. The summed E-state index contributed by atoms with van der Waals surface area (Å²) < 4.78 is 1.57. The highest BCUT2D eigenvalue weighted by molar-refractivity contribution is 7.09. The fourth-order valence-corrected chi connectivity index (χ4v) is 2.47. The fourth-order valence-electron chi connectivity index (χ4n) is 1.72. The van der Waals surface area contributed by atoms with Gasteiger partial charge in [0.1, 0.15) is 0 Å². The lowest BCUT2D eigenvalue weighted by molar-refractivity contribution is 0.0690. The summed E-state index contributed by atoms with van der Waals surface area (Å²) in [4.78, 5) is 14.3. The molecule has 0 atom stereocenters. The molecule has 0 aliphatic heterocycles. The Hall–Kier alpha value is -1.73. The molecule has 0 aliphatic carbocycles. The number of hydrogen-bond donors (Lipinski definition) is 1. The molecule has 2 aromatic heterocycles. The standard InChI is InChI=1S/C12H16N4O2S/c1-2-15(8-10-4-3-7-19-10)5-6-16-9-11(12(17)18)13-14-16/h3-4,7,9H,2,5-6,8H2,1H3,(H,17,18). The van der Waals surface area contributed by atoms with Crippen LogP contribution in [0, 0.1) is 0 Å². The lowest BCUT2D eigenvalue weighted by atomic mass is 10.4. The van der Waals surface area contributed by atoms with E-state index < -0.39 is 5.97 Å². The Kier molecular flexibility index (Phi) is 4.64. The van der Waals surface area contributed by atoms with E-state index in [0.29, 0.717) is 6.54 Å². The highest BCUT2D eigenvalue weighted by Gasteiger charge is 2.09. The van der Waals surface area contributed by atoms with Crippen molar-refractivity contribution < 1.29 is 9.90 Å². The van der Waals surface area contributed by atoms with Crippen LogP contribution in [0.25, 0.3) is 0 Å². The van der Waals surface area contributed by atoms with Crippen LogP contribution in [0.1, 0.15) is 22.3 Å². The molecule has 0 aromatic carbocycles. The smallest absolute Gasteiger partial charge is 0.358 e. The van der Waals surface area contributed by atoms with Gasteiger partial charge >= 0.3 is 5.97 Å². The Morgan fingerprint density at radius 1 is 1.58 bits per heavy atom. The van der Waals surface area contributed by atoms with Crippen molar-refractivity contribution in [3.05, 3.63) is 34.3 Å². The summed E-state index contributed by atoms with van der Waals surface area (Å²) in [7, 11) is 0. The van der Waals surface area contributed by atoms with Crippen LogP contribution in [-0.4, -0.2) is 44.1 Å². The van der Waals surface area contributed by atoms with Gasteiger partial charge in [0.2, 0.25) is 0 Å². The molecule has 19 heavy (non-hydrogen) atoms. The summed E-state index contributed by atoms with van der Waals surface area (Å²) in [5, 5.41) is 18.2. The summed E-state index contributed by atoms with van der Waals surface area (Å²) in [6, 6.07) is 4.16. The molecule has 0 unspecified atom stereocenters. The van der Waals surface area contributed by atoms with Gasteiger partial charge in [0.25, 0.3) is 0 Å². The molecule has 0 saturated heterocycles. The van der Waals surface area contributed by atoms with E-state index in [9.17, 15) is 4.79 Å². The van der Waals surface area contributed by atoms with Crippen molar-refractivity contribution in [3.63, 3.8) is 0 Å². The van der Waals surface area contributed by atoms with Gasteiger partial charge in [-0.15, -0.1) is 16.4 Å². The van der Waals surface area contributed by atoms with Gasteiger partial charge in [0.05, 0.1) is 12.7 Å². The zero-order valence-corrected chi connectivity index (χ0v) is 11.5. The minimum absolute atomic E-state index is 0.0127. The lowest BCUT2D eigenvalue weighted by Crippen LogP contribution is -2.26. The Labute approximate surface area is 115 Å². The van der Waals surface area contributed by atoms with E-state index >= 15 is 0 Å². The molecule has 0 bridgehead atoms. The monoisotopic (exact) mass is 280 g/mol. The van der Waals surface area contributed by atoms with Crippen molar-refractivity contribution in [1.82, 2.24) is 19.9 Å². The topological polar surface area (TPSA) is 71.2 Å². The Morgan fingerprint density at radius 2 is 2.42 bits per heavy atom. The van der Waals surface area contributed by atoms with Gasteiger partial charge < -0.3 is 5.11 Å². The Balaban J connectivity index is 1.86. The largest absolute Gasteiger partial charge is 0.476 e. The number of thiophene rings is 1. The predicted octanol–water partition coefficient (Wildman–Crippen LogP) is 1.56. The number of likely N-dealkylation sites (N-methyl/N-ethyl adjacent to an activating group) is 1. The van der Waals surface area contributed by atoms with E-state index in [2.05, 4.69) is 33.6 Å². The van der Waals surface area contributed by atoms with Crippen LogP contribution in [0.3, 0.4) is 0 Å².